The molecule has 0 unspecified atom stereocenters. The number of hydrogen-bond acceptors (Lipinski definition) is 2. The highest BCUT2D eigenvalue weighted by molar-refractivity contribution is 6.01. The Kier molecular flexibility index (Phi) is 3.19. The summed E-state index contributed by atoms with van der Waals surface area (Å²) in [5, 5.41) is 2.37. The number of hydrogen-bond donors (Lipinski definition) is 0. The smallest absolute Gasteiger partial charge is 0.170 e. The molecule has 0 bridgehead atoms. The average Bonchev–Trinajstić information content (AvgIpc) is 2.53. The normalized spacial score (nSPS) is 17.0. The fourth-order valence-corrected chi connectivity index (χ4v) is 3.44. The van der Waals surface area contributed by atoms with E-state index in [2.05, 4.69) is 30.3 Å². The average molecular weight is 302 g/mol. The molecule has 0 amide bonds. The minimum Gasteiger partial charge on any atom is -0.484 e. The molecule has 0 radical (unpaired) electrons. The summed E-state index contributed by atoms with van der Waals surface area (Å²) in [6, 6.07) is 18.5. The number of fused-ring (bicyclic) bond motifs is 2. The van der Waals surface area contributed by atoms with Crippen LogP contribution in [0.3, 0.4) is 0 Å². The third-order valence-electron chi connectivity index (χ3n) is 4.51. The van der Waals surface area contributed by atoms with Gasteiger partial charge in [0.1, 0.15) is 11.9 Å². The van der Waals surface area contributed by atoms with Gasteiger partial charge in [0.15, 0.2) is 5.78 Å². The van der Waals surface area contributed by atoms with Crippen LogP contribution < -0.4 is 4.74 Å². The summed E-state index contributed by atoms with van der Waals surface area (Å²) < 4.78 is 6.18. The van der Waals surface area contributed by atoms with Crippen molar-refractivity contribution >= 4 is 16.6 Å². The Morgan fingerprint density at radius 2 is 1.74 bits per heavy atom. The Morgan fingerprint density at radius 1 is 0.957 bits per heavy atom. The molecule has 0 N–H and O–H groups in total. The van der Waals surface area contributed by atoms with Crippen LogP contribution in [0.4, 0.5) is 0 Å². The summed E-state index contributed by atoms with van der Waals surface area (Å²) >= 11 is 0. The number of aryl methyl sites for hydroxylation is 2. The van der Waals surface area contributed by atoms with Crippen molar-refractivity contribution in [3.05, 3.63) is 76.9 Å². The van der Waals surface area contributed by atoms with Crippen LogP contribution in [0.25, 0.3) is 10.8 Å². The lowest BCUT2D eigenvalue weighted by atomic mass is 9.92. The van der Waals surface area contributed by atoms with Crippen LogP contribution in [0.1, 0.15) is 39.6 Å². The second-order valence-corrected chi connectivity index (χ2v) is 6.30. The van der Waals surface area contributed by atoms with E-state index >= 15 is 0 Å². The van der Waals surface area contributed by atoms with Gasteiger partial charge in [-0.15, -0.1) is 0 Å². The second-order valence-electron chi connectivity index (χ2n) is 6.30. The Labute approximate surface area is 135 Å². The van der Waals surface area contributed by atoms with E-state index in [0.29, 0.717) is 6.42 Å². The molecule has 1 atom stereocenters. The molecule has 1 aliphatic heterocycles. The number of rotatable bonds is 1. The molecule has 1 aliphatic rings. The number of benzene rings is 3. The van der Waals surface area contributed by atoms with E-state index in [9.17, 15) is 4.79 Å². The van der Waals surface area contributed by atoms with Gasteiger partial charge < -0.3 is 4.74 Å². The first-order chi connectivity index (χ1) is 11.1. The maximum atomic E-state index is 12.6. The first-order valence-electron chi connectivity index (χ1n) is 7.91. The van der Waals surface area contributed by atoms with Crippen LogP contribution in [-0.4, -0.2) is 5.78 Å². The number of ketones is 1. The summed E-state index contributed by atoms with van der Waals surface area (Å²) in [4.78, 5) is 12.6. The molecule has 0 aliphatic carbocycles. The van der Waals surface area contributed by atoms with Crippen molar-refractivity contribution in [2.75, 3.05) is 0 Å². The molecule has 4 rings (SSSR count). The predicted octanol–water partition coefficient (Wildman–Crippen LogP) is 5.16. The zero-order valence-corrected chi connectivity index (χ0v) is 13.3. The van der Waals surface area contributed by atoms with Gasteiger partial charge in [-0.05, 0) is 53.4 Å². The van der Waals surface area contributed by atoms with E-state index in [0.717, 1.165) is 28.0 Å². The predicted molar refractivity (Wildman–Crippen MR) is 92.2 cm³/mol. The largest absolute Gasteiger partial charge is 0.484 e. The molecule has 0 saturated carbocycles. The van der Waals surface area contributed by atoms with Gasteiger partial charge >= 0.3 is 0 Å². The van der Waals surface area contributed by atoms with Gasteiger partial charge in [-0.3, -0.25) is 4.79 Å². The SMILES string of the molecule is Cc1cc(C)c2c(c1)O[C@@H](c1ccc3ccccc3c1)CC2=O. The van der Waals surface area contributed by atoms with Crippen molar-refractivity contribution in [3.63, 3.8) is 0 Å². The van der Waals surface area contributed by atoms with Crippen molar-refractivity contribution in [3.8, 4) is 5.75 Å². The van der Waals surface area contributed by atoms with Gasteiger partial charge in [-0.1, -0.05) is 42.5 Å². The van der Waals surface area contributed by atoms with Gasteiger partial charge in [-0.2, -0.15) is 0 Å². The first kappa shape index (κ1) is 14.0. The molecule has 0 saturated heterocycles. The minimum atomic E-state index is -0.208. The maximum Gasteiger partial charge on any atom is 0.170 e. The fourth-order valence-electron chi connectivity index (χ4n) is 3.44. The van der Waals surface area contributed by atoms with Gasteiger partial charge in [-0.25, -0.2) is 0 Å². The lowest BCUT2D eigenvalue weighted by molar-refractivity contribution is 0.0849. The molecule has 114 valence electrons. The van der Waals surface area contributed by atoms with Gasteiger partial charge in [0, 0.05) is 0 Å². The summed E-state index contributed by atoms with van der Waals surface area (Å²) in [6.07, 6.45) is 0.190. The molecule has 23 heavy (non-hydrogen) atoms. The second kappa shape index (κ2) is 5.24. The lowest BCUT2D eigenvalue weighted by Gasteiger charge is -2.27. The van der Waals surface area contributed by atoms with Crippen molar-refractivity contribution in [1.29, 1.82) is 0 Å². The zero-order valence-electron chi connectivity index (χ0n) is 13.3. The molecule has 1 heterocycles. The fraction of sp³-hybridized carbons (Fsp3) is 0.190. The number of Topliss-reactive ketones (excluding diaryl/α,β-unsaturated/α-hetero) is 1. The third-order valence-corrected chi connectivity index (χ3v) is 4.51. The molecule has 3 aromatic carbocycles. The molecule has 0 aromatic heterocycles. The molecule has 3 aromatic rings. The quantitative estimate of drug-likeness (QED) is 0.620. The number of carbonyl (C=O) groups excluding carboxylic acids is 1. The van der Waals surface area contributed by atoms with Gasteiger partial charge in [0.05, 0.1) is 12.0 Å². The van der Waals surface area contributed by atoms with E-state index in [4.69, 9.17) is 4.74 Å². The third kappa shape index (κ3) is 2.40. The van der Waals surface area contributed by atoms with Crippen LogP contribution in [-0.2, 0) is 0 Å². The molecule has 0 spiro atoms. The topological polar surface area (TPSA) is 26.3 Å². The number of ether oxygens (including phenoxy) is 1. The van der Waals surface area contributed by atoms with E-state index in [1.807, 2.05) is 38.1 Å². The summed E-state index contributed by atoms with van der Waals surface area (Å²) in [7, 11) is 0. The lowest BCUT2D eigenvalue weighted by Crippen LogP contribution is -2.21. The van der Waals surface area contributed by atoms with Crippen molar-refractivity contribution in [2.24, 2.45) is 0 Å². The molecular weight excluding hydrogens is 284 g/mol. The molecule has 2 nitrogen and oxygen atoms in total. The van der Waals surface area contributed by atoms with Crippen molar-refractivity contribution in [2.45, 2.75) is 26.4 Å². The number of carbonyl (C=O) groups is 1. The minimum absolute atomic E-state index is 0.168. The highest BCUT2D eigenvalue weighted by atomic mass is 16.5. The van der Waals surface area contributed by atoms with Crippen molar-refractivity contribution < 1.29 is 9.53 Å². The maximum absolute atomic E-state index is 12.6. The van der Waals surface area contributed by atoms with Crippen molar-refractivity contribution in [1.82, 2.24) is 0 Å². The Balaban J connectivity index is 1.76. The van der Waals surface area contributed by atoms with E-state index in [-0.39, 0.29) is 11.9 Å². The van der Waals surface area contributed by atoms with Crippen LogP contribution in [0.15, 0.2) is 54.6 Å². The molecular formula is C21H18O2. The Morgan fingerprint density at radius 3 is 2.57 bits per heavy atom. The van der Waals surface area contributed by atoms with Gasteiger partial charge in [0.25, 0.3) is 0 Å². The monoisotopic (exact) mass is 302 g/mol. The van der Waals surface area contributed by atoms with Gasteiger partial charge in [0.2, 0.25) is 0 Å². The zero-order chi connectivity index (χ0) is 16.0. The Hall–Kier alpha value is -2.61. The van der Waals surface area contributed by atoms with E-state index in [1.165, 1.54) is 10.8 Å². The van der Waals surface area contributed by atoms with E-state index < -0.39 is 0 Å². The first-order valence-corrected chi connectivity index (χ1v) is 7.91. The van der Waals surface area contributed by atoms with Crippen LogP contribution in [0, 0.1) is 13.8 Å². The summed E-state index contributed by atoms with van der Waals surface area (Å²) in [5.41, 5.74) is 3.92. The molecule has 0 fully saturated rings. The summed E-state index contributed by atoms with van der Waals surface area (Å²) in [5.74, 6) is 0.888. The Bertz CT molecular complexity index is 924. The highest BCUT2D eigenvalue weighted by Crippen LogP contribution is 2.37. The highest BCUT2D eigenvalue weighted by Gasteiger charge is 2.29. The molecule has 2 heteroatoms. The van der Waals surface area contributed by atoms with Crippen LogP contribution in [0.5, 0.6) is 5.75 Å². The summed E-state index contributed by atoms with van der Waals surface area (Å²) in [6.45, 7) is 4.00. The standard InChI is InChI=1S/C21H18O2/c1-13-9-14(2)21-18(22)12-19(23-20(21)10-13)17-8-7-15-5-3-4-6-16(15)11-17/h3-11,19H,12H2,1-2H3/t19-/m1/s1. The van der Waals surface area contributed by atoms with Crippen LogP contribution in [0.2, 0.25) is 0 Å². The van der Waals surface area contributed by atoms with E-state index in [1.54, 1.807) is 0 Å². The van der Waals surface area contributed by atoms with Crippen LogP contribution >= 0.6 is 0 Å².